The van der Waals surface area contributed by atoms with Gasteiger partial charge in [0.2, 0.25) is 0 Å². The van der Waals surface area contributed by atoms with Gasteiger partial charge < -0.3 is 10.5 Å². The van der Waals surface area contributed by atoms with Gasteiger partial charge in [0.1, 0.15) is 18.2 Å². The van der Waals surface area contributed by atoms with Crippen molar-refractivity contribution in [1.82, 2.24) is 0 Å². The predicted molar refractivity (Wildman–Crippen MR) is 77.5 cm³/mol. The molecule has 0 aliphatic rings. The zero-order valence-electron chi connectivity index (χ0n) is 10.6. The van der Waals surface area contributed by atoms with Gasteiger partial charge in [0.15, 0.2) is 0 Å². The van der Waals surface area contributed by atoms with Crippen molar-refractivity contribution in [3.05, 3.63) is 63.9 Å². The average molecular weight is 324 g/mol. The number of halogens is 2. The van der Waals surface area contributed by atoms with Gasteiger partial charge in [0.05, 0.1) is 4.47 Å². The second-order valence-corrected chi connectivity index (χ2v) is 5.16. The van der Waals surface area contributed by atoms with Crippen LogP contribution in [0.25, 0.3) is 0 Å². The molecule has 2 N–H and O–H groups in total. The highest BCUT2D eigenvalue weighted by molar-refractivity contribution is 9.10. The van der Waals surface area contributed by atoms with E-state index in [2.05, 4.69) is 15.9 Å². The molecule has 0 amide bonds. The van der Waals surface area contributed by atoms with Crippen LogP contribution in [0.1, 0.15) is 24.1 Å². The van der Waals surface area contributed by atoms with Crippen molar-refractivity contribution in [3.8, 4) is 5.75 Å². The molecule has 1 atom stereocenters. The summed E-state index contributed by atoms with van der Waals surface area (Å²) in [7, 11) is 0. The van der Waals surface area contributed by atoms with Crippen molar-refractivity contribution in [3.63, 3.8) is 0 Å². The second kappa shape index (κ2) is 6.17. The van der Waals surface area contributed by atoms with E-state index < -0.39 is 0 Å². The Morgan fingerprint density at radius 1 is 1.26 bits per heavy atom. The Bertz CT molecular complexity index is 572. The molecule has 0 aromatic heterocycles. The van der Waals surface area contributed by atoms with Crippen molar-refractivity contribution >= 4 is 15.9 Å². The van der Waals surface area contributed by atoms with E-state index in [4.69, 9.17) is 10.5 Å². The lowest BCUT2D eigenvalue weighted by molar-refractivity contribution is 0.304. The lowest BCUT2D eigenvalue weighted by Gasteiger charge is -2.11. The standard InChI is InChI=1S/C15H15BrFNO/c1-10(18)11-4-2-6-13(8-11)19-9-12-5-3-7-14(17)15(12)16/h2-8,10H,9,18H2,1H3/t10-/m1/s1. The second-order valence-electron chi connectivity index (χ2n) is 4.36. The topological polar surface area (TPSA) is 35.2 Å². The highest BCUT2D eigenvalue weighted by Gasteiger charge is 2.06. The molecule has 0 unspecified atom stereocenters. The summed E-state index contributed by atoms with van der Waals surface area (Å²) in [5.74, 6) is 0.441. The number of rotatable bonds is 4. The van der Waals surface area contributed by atoms with Crippen LogP contribution in [0, 0.1) is 5.82 Å². The Balaban J connectivity index is 2.10. The summed E-state index contributed by atoms with van der Waals surface area (Å²) in [6.45, 7) is 2.23. The summed E-state index contributed by atoms with van der Waals surface area (Å²) >= 11 is 3.22. The summed E-state index contributed by atoms with van der Waals surface area (Å²) in [5.41, 5.74) is 7.60. The van der Waals surface area contributed by atoms with Gasteiger partial charge in [-0.05, 0) is 46.6 Å². The monoisotopic (exact) mass is 323 g/mol. The minimum absolute atomic E-state index is 0.0375. The third-order valence-corrected chi connectivity index (χ3v) is 3.70. The summed E-state index contributed by atoms with van der Waals surface area (Å²) in [5, 5.41) is 0. The zero-order valence-corrected chi connectivity index (χ0v) is 12.2. The molecular formula is C15H15BrFNO. The molecule has 2 aromatic rings. The minimum Gasteiger partial charge on any atom is -0.489 e. The SMILES string of the molecule is C[C@@H](N)c1cccc(OCc2cccc(F)c2Br)c1. The molecule has 0 saturated heterocycles. The van der Waals surface area contributed by atoms with E-state index >= 15 is 0 Å². The first kappa shape index (κ1) is 14.0. The maximum Gasteiger partial charge on any atom is 0.137 e. The number of hydrogen-bond acceptors (Lipinski definition) is 2. The molecule has 19 heavy (non-hydrogen) atoms. The van der Waals surface area contributed by atoms with Crippen LogP contribution in [0.5, 0.6) is 5.75 Å². The Kier molecular flexibility index (Phi) is 4.56. The third-order valence-electron chi connectivity index (χ3n) is 2.81. The highest BCUT2D eigenvalue weighted by Crippen LogP contribution is 2.23. The Labute approximate surface area is 120 Å². The predicted octanol–water partition coefficient (Wildman–Crippen LogP) is 4.19. The number of hydrogen-bond donors (Lipinski definition) is 1. The summed E-state index contributed by atoms with van der Waals surface area (Å²) in [6, 6.07) is 12.5. The fourth-order valence-electron chi connectivity index (χ4n) is 1.71. The molecule has 0 saturated carbocycles. The van der Waals surface area contributed by atoms with Gasteiger partial charge >= 0.3 is 0 Å². The number of benzene rings is 2. The molecule has 2 nitrogen and oxygen atoms in total. The first-order chi connectivity index (χ1) is 9.08. The van der Waals surface area contributed by atoms with E-state index in [9.17, 15) is 4.39 Å². The van der Waals surface area contributed by atoms with Crippen LogP contribution in [0.2, 0.25) is 0 Å². The molecule has 0 aliphatic heterocycles. The minimum atomic E-state index is -0.287. The van der Waals surface area contributed by atoms with Crippen molar-refractivity contribution < 1.29 is 9.13 Å². The molecule has 100 valence electrons. The third kappa shape index (κ3) is 3.55. The van der Waals surface area contributed by atoms with Gasteiger partial charge in [-0.15, -0.1) is 0 Å². The van der Waals surface area contributed by atoms with Crippen LogP contribution in [-0.2, 0) is 6.61 Å². The van der Waals surface area contributed by atoms with Crippen molar-refractivity contribution in [1.29, 1.82) is 0 Å². The molecule has 0 fully saturated rings. The lowest BCUT2D eigenvalue weighted by Crippen LogP contribution is -2.05. The Morgan fingerprint density at radius 3 is 2.74 bits per heavy atom. The van der Waals surface area contributed by atoms with E-state index in [1.807, 2.05) is 37.3 Å². The van der Waals surface area contributed by atoms with Gasteiger partial charge in [-0.1, -0.05) is 24.3 Å². The quantitative estimate of drug-likeness (QED) is 0.915. The maximum atomic E-state index is 13.4. The fourth-order valence-corrected chi connectivity index (χ4v) is 2.09. The van der Waals surface area contributed by atoms with Gasteiger partial charge in [-0.25, -0.2) is 4.39 Å². The average Bonchev–Trinajstić information content (AvgIpc) is 2.41. The smallest absolute Gasteiger partial charge is 0.137 e. The molecule has 0 radical (unpaired) electrons. The molecule has 0 spiro atoms. The molecule has 4 heteroatoms. The molecule has 0 bridgehead atoms. The zero-order chi connectivity index (χ0) is 13.8. The van der Waals surface area contributed by atoms with Crippen LogP contribution >= 0.6 is 15.9 Å². The molecule has 0 heterocycles. The molecule has 0 aliphatic carbocycles. The van der Waals surface area contributed by atoms with Gasteiger partial charge in [0, 0.05) is 11.6 Å². The Morgan fingerprint density at radius 2 is 2.00 bits per heavy atom. The molecule has 2 aromatic carbocycles. The van der Waals surface area contributed by atoms with Crippen LogP contribution < -0.4 is 10.5 Å². The molecular weight excluding hydrogens is 309 g/mol. The first-order valence-corrected chi connectivity index (χ1v) is 6.78. The normalized spacial score (nSPS) is 12.2. The summed E-state index contributed by atoms with van der Waals surface area (Å²) in [6.07, 6.45) is 0. The van der Waals surface area contributed by atoms with E-state index in [0.29, 0.717) is 11.1 Å². The van der Waals surface area contributed by atoms with Gasteiger partial charge in [-0.3, -0.25) is 0 Å². The lowest BCUT2D eigenvalue weighted by atomic mass is 10.1. The maximum absolute atomic E-state index is 13.4. The summed E-state index contributed by atoms with van der Waals surface area (Å²) in [4.78, 5) is 0. The Hall–Kier alpha value is -1.39. The van der Waals surface area contributed by atoms with Crippen LogP contribution in [0.15, 0.2) is 46.9 Å². The van der Waals surface area contributed by atoms with E-state index in [1.54, 1.807) is 6.07 Å². The van der Waals surface area contributed by atoms with E-state index in [1.165, 1.54) is 6.07 Å². The molecule has 2 rings (SSSR count). The van der Waals surface area contributed by atoms with Gasteiger partial charge in [0.25, 0.3) is 0 Å². The number of ether oxygens (including phenoxy) is 1. The fraction of sp³-hybridized carbons (Fsp3) is 0.200. The summed E-state index contributed by atoms with van der Waals surface area (Å²) < 4.78 is 19.5. The first-order valence-electron chi connectivity index (χ1n) is 5.99. The van der Waals surface area contributed by atoms with Crippen LogP contribution in [0.3, 0.4) is 0 Å². The van der Waals surface area contributed by atoms with Gasteiger partial charge in [-0.2, -0.15) is 0 Å². The van der Waals surface area contributed by atoms with Crippen molar-refractivity contribution in [2.75, 3.05) is 0 Å². The van der Waals surface area contributed by atoms with Crippen LogP contribution in [0.4, 0.5) is 4.39 Å². The highest BCUT2D eigenvalue weighted by atomic mass is 79.9. The van der Waals surface area contributed by atoms with Crippen molar-refractivity contribution in [2.24, 2.45) is 5.73 Å². The number of nitrogens with two attached hydrogens (primary N) is 1. The van der Waals surface area contributed by atoms with Crippen LogP contribution in [-0.4, -0.2) is 0 Å². The van der Waals surface area contributed by atoms with Crippen molar-refractivity contribution in [2.45, 2.75) is 19.6 Å². The van der Waals surface area contributed by atoms with E-state index in [0.717, 1.165) is 16.9 Å². The largest absolute Gasteiger partial charge is 0.489 e. The van der Waals surface area contributed by atoms with E-state index in [-0.39, 0.29) is 11.9 Å².